The van der Waals surface area contributed by atoms with Gasteiger partial charge in [0.15, 0.2) is 11.2 Å². The van der Waals surface area contributed by atoms with E-state index < -0.39 is 19.3 Å². The number of hydrogen-bond donors (Lipinski definition) is 5. The van der Waals surface area contributed by atoms with E-state index in [1.54, 1.807) is 6.92 Å². The van der Waals surface area contributed by atoms with E-state index in [2.05, 4.69) is 15.0 Å². The summed E-state index contributed by atoms with van der Waals surface area (Å²) in [5.41, 5.74) is 5.39. The van der Waals surface area contributed by atoms with E-state index in [9.17, 15) is 19.4 Å². The molecule has 8 N–H and O–H groups in total. The molecule has 0 fully saturated rings. The number of aliphatic hydroxyl groups is 1. The highest BCUT2D eigenvalue weighted by Crippen LogP contribution is 2.42. The average molecular weight is 378 g/mol. The summed E-state index contributed by atoms with van der Waals surface area (Å²) in [4.78, 5) is 31.5. The summed E-state index contributed by atoms with van der Waals surface area (Å²) < 4.78 is 23.3. The van der Waals surface area contributed by atoms with Gasteiger partial charge in [-0.2, -0.15) is 4.98 Å². The molecule has 0 saturated carbocycles. The van der Waals surface area contributed by atoms with Gasteiger partial charge in [0.2, 0.25) is 5.95 Å². The highest BCUT2D eigenvalue weighted by atomic mass is 31.2. The van der Waals surface area contributed by atoms with Gasteiger partial charge in [-0.05, 0) is 13.3 Å². The predicted octanol–water partition coefficient (Wildman–Crippen LogP) is -0.189. The molecule has 2 atom stereocenters. The van der Waals surface area contributed by atoms with Gasteiger partial charge in [-0.15, -0.1) is 0 Å². The number of fused-ring (bicyclic) bond motifs is 1. The van der Waals surface area contributed by atoms with Crippen molar-refractivity contribution in [2.45, 2.75) is 26.2 Å². The number of nitrogens with one attached hydrogen (secondary N) is 1. The van der Waals surface area contributed by atoms with Gasteiger partial charge in [-0.1, -0.05) is 0 Å². The summed E-state index contributed by atoms with van der Waals surface area (Å²) in [6.45, 7) is 1.35. The van der Waals surface area contributed by atoms with E-state index in [1.165, 1.54) is 10.9 Å². The molecular weight excluding hydrogens is 355 g/mol. The maximum Gasteiger partial charge on any atom is 0.328 e. The van der Waals surface area contributed by atoms with Crippen LogP contribution in [0.3, 0.4) is 0 Å². The van der Waals surface area contributed by atoms with Crippen LogP contribution >= 0.6 is 7.60 Å². The Labute approximate surface area is 143 Å². The van der Waals surface area contributed by atoms with Crippen molar-refractivity contribution in [3.8, 4) is 0 Å². The van der Waals surface area contributed by atoms with Crippen molar-refractivity contribution in [1.82, 2.24) is 25.7 Å². The van der Waals surface area contributed by atoms with Crippen molar-refractivity contribution in [1.29, 1.82) is 0 Å². The Morgan fingerprint density at radius 3 is 2.88 bits per heavy atom. The van der Waals surface area contributed by atoms with Crippen LogP contribution in [0.2, 0.25) is 0 Å². The second-order valence-corrected chi connectivity index (χ2v) is 6.99. The summed E-state index contributed by atoms with van der Waals surface area (Å²) in [7, 11) is -3.68. The lowest BCUT2D eigenvalue weighted by atomic mass is 10.3. The van der Waals surface area contributed by atoms with Gasteiger partial charge in [0.1, 0.15) is 6.73 Å². The number of hydrogen-bond acceptors (Lipinski definition) is 9. The van der Waals surface area contributed by atoms with Gasteiger partial charge in [-0.3, -0.25) is 18.9 Å². The Kier molecular flexibility index (Phi) is 7.67. The van der Waals surface area contributed by atoms with Crippen molar-refractivity contribution in [3.05, 3.63) is 16.7 Å². The van der Waals surface area contributed by atoms with Crippen molar-refractivity contribution in [3.63, 3.8) is 0 Å². The first-order valence-electron chi connectivity index (χ1n) is 7.25. The number of anilines is 1. The van der Waals surface area contributed by atoms with E-state index >= 15 is 0 Å². The first-order chi connectivity index (χ1) is 11.4. The van der Waals surface area contributed by atoms with Crippen LogP contribution in [-0.2, 0) is 20.6 Å². The molecule has 1 unspecified atom stereocenters. The predicted molar refractivity (Wildman–Crippen MR) is 90.5 cm³/mol. The largest absolute Gasteiger partial charge is 0.394 e. The van der Waals surface area contributed by atoms with Gasteiger partial charge < -0.3 is 31.1 Å². The molecule has 0 saturated heterocycles. The topological polar surface area (TPSA) is 201 Å². The Morgan fingerprint density at radius 1 is 1.52 bits per heavy atom. The molecule has 2 rings (SSSR count). The van der Waals surface area contributed by atoms with Gasteiger partial charge in [0.05, 0.1) is 31.8 Å². The quantitative estimate of drug-likeness (QED) is 0.364. The normalized spacial score (nSPS) is 14.8. The number of imidazole rings is 1. The first-order valence-corrected chi connectivity index (χ1v) is 9.02. The molecule has 2 aromatic heterocycles. The van der Waals surface area contributed by atoms with Crippen LogP contribution in [0.25, 0.3) is 11.2 Å². The van der Waals surface area contributed by atoms with Gasteiger partial charge >= 0.3 is 7.60 Å². The molecule has 0 bridgehead atoms. The van der Waals surface area contributed by atoms with Crippen molar-refractivity contribution >= 4 is 24.7 Å². The third-order valence-corrected chi connectivity index (χ3v) is 4.70. The molecule has 0 spiro atoms. The SMILES string of the molecule is CCOP(=O)(O)CC[C@H](CO)OCn1cnc2c(=O)[nH]c(N)nc21.N. The molecule has 0 aliphatic heterocycles. The van der Waals surface area contributed by atoms with E-state index in [0.29, 0.717) is 0 Å². The molecule has 13 heteroatoms. The zero-order valence-electron chi connectivity index (χ0n) is 13.8. The summed E-state index contributed by atoms with van der Waals surface area (Å²) in [5, 5.41) is 9.33. The third kappa shape index (κ3) is 5.59. The Bertz CT molecular complexity index is 792. The number of nitrogens with two attached hydrogens (primary N) is 1. The monoisotopic (exact) mass is 378 g/mol. The highest BCUT2D eigenvalue weighted by molar-refractivity contribution is 7.52. The summed E-state index contributed by atoms with van der Waals surface area (Å²) in [6, 6.07) is 0. The van der Waals surface area contributed by atoms with Crippen LogP contribution in [0.1, 0.15) is 13.3 Å². The third-order valence-electron chi connectivity index (χ3n) is 3.21. The minimum absolute atomic E-state index is 0. The summed E-state index contributed by atoms with van der Waals surface area (Å²) in [6.07, 6.45) is 0.676. The number of nitrogens with zero attached hydrogens (tertiary/aromatic N) is 3. The van der Waals surface area contributed by atoms with Crippen LogP contribution in [0.5, 0.6) is 0 Å². The molecule has 0 amide bonds. The molecule has 0 aliphatic rings. The van der Waals surface area contributed by atoms with Crippen LogP contribution < -0.4 is 17.4 Å². The summed E-state index contributed by atoms with van der Waals surface area (Å²) >= 11 is 0. The number of aromatic nitrogens is 4. The number of H-pyrrole nitrogens is 1. The van der Waals surface area contributed by atoms with Crippen LogP contribution in [0.4, 0.5) is 5.95 Å². The lowest BCUT2D eigenvalue weighted by Crippen LogP contribution is -2.21. The molecule has 0 aromatic carbocycles. The fourth-order valence-electron chi connectivity index (χ4n) is 2.05. The maximum absolute atomic E-state index is 11.7. The lowest BCUT2D eigenvalue weighted by Gasteiger charge is -2.17. The molecule has 12 nitrogen and oxygen atoms in total. The molecule has 0 radical (unpaired) electrons. The summed E-state index contributed by atoms with van der Waals surface area (Å²) in [5.74, 6) is -0.0501. The molecule has 2 heterocycles. The van der Waals surface area contributed by atoms with Crippen LogP contribution in [0, 0.1) is 0 Å². The Balaban J connectivity index is 0.00000312. The average Bonchev–Trinajstić information content (AvgIpc) is 2.90. The highest BCUT2D eigenvalue weighted by Gasteiger charge is 2.21. The molecule has 2 aromatic rings. The number of ether oxygens (including phenoxy) is 1. The van der Waals surface area contributed by atoms with Gasteiger partial charge in [0.25, 0.3) is 5.56 Å². The van der Waals surface area contributed by atoms with E-state index in [-0.39, 0.29) is 55.8 Å². The Morgan fingerprint density at radius 2 is 2.24 bits per heavy atom. The zero-order valence-corrected chi connectivity index (χ0v) is 14.7. The fraction of sp³-hybridized carbons (Fsp3) is 0.583. The molecular formula is C12H23N6O6P. The minimum atomic E-state index is -3.68. The smallest absolute Gasteiger partial charge is 0.328 e. The second kappa shape index (κ2) is 9.04. The van der Waals surface area contributed by atoms with E-state index in [4.69, 9.17) is 15.0 Å². The standard InChI is InChI=1S/C12H20N5O6P.H3N/c1-2-23-24(20,21)4-3-8(5-18)22-7-17-6-14-9-10(17)15-12(13)16-11(9)19;/h6,8,18H,2-5,7H2,1H3,(H,20,21)(H3,13,15,16,19);1H3/t8-;/m1./s1. The lowest BCUT2D eigenvalue weighted by molar-refractivity contribution is -0.0240. The molecule has 25 heavy (non-hydrogen) atoms. The van der Waals surface area contributed by atoms with Gasteiger partial charge in [-0.25, -0.2) is 4.98 Å². The number of aliphatic hydroxyl groups excluding tert-OH is 1. The van der Waals surface area contributed by atoms with E-state index in [0.717, 1.165) is 0 Å². The maximum atomic E-state index is 11.7. The van der Waals surface area contributed by atoms with Crippen molar-refractivity contribution < 1.29 is 23.8 Å². The molecule has 0 aliphatic carbocycles. The van der Waals surface area contributed by atoms with E-state index in [1.807, 2.05) is 0 Å². The zero-order chi connectivity index (χ0) is 17.7. The van der Waals surface area contributed by atoms with Crippen molar-refractivity contribution in [2.75, 3.05) is 25.1 Å². The van der Waals surface area contributed by atoms with Crippen LogP contribution in [-0.4, -0.2) is 55.0 Å². The Hall–Kier alpha value is -1.82. The van der Waals surface area contributed by atoms with Crippen LogP contribution in [0.15, 0.2) is 11.1 Å². The molecule has 142 valence electrons. The number of aromatic amines is 1. The number of rotatable bonds is 9. The second-order valence-electron chi connectivity index (χ2n) is 5.01. The van der Waals surface area contributed by atoms with Gasteiger partial charge in [0, 0.05) is 0 Å². The first kappa shape index (κ1) is 21.2. The minimum Gasteiger partial charge on any atom is -0.394 e. The number of nitrogen functional groups attached to an aromatic ring is 1. The fourth-order valence-corrected chi connectivity index (χ4v) is 3.20. The van der Waals surface area contributed by atoms with Crippen molar-refractivity contribution in [2.24, 2.45) is 0 Å².